The molecule has 5 saturated carbocycles. The lowest BCUT2D eigenvalue weighted by molar-refractivity contribution is -0.193. The number of fused-ring (bicyclic) bond motifs is 7. The molecule has 1 heterocycles. The summed E-state index contributed by atoms with van der Waals surface area (Å²) in [6.45, 7) is 19.0. The van der Waals surface area contributed by atoms with Gasteiger partial charge in [-0.15, -0.1) is 0 Å². The standard InChI is InChI=1S/C44H68N2O5/c1-25(2)37-34(48)24-44(18-21-46-39(49)27-13-19-45-20-14-27)17-11-32-29(38(37)44)8-9-36-42(32,6)16-12-35-41(4,5)28(10-15-43(35,36)7)22-33(47)30-23-31(26(30)3)40(50)51/h25-32,35-36,45H,8-24H2,1-7H3,(H,46,49)(H,50,51). The van der Waals surface area contributed by atoms with Crippen molar-refractivity contribution in [2.75, 3.05) is 19.6 Å². The van der Waals surface area contributed by atoms with Crippen LogP contribution >= 0.6 is 0 Å². The first-order valence-corrected chi connectivity index (χ1v) is 21.1. The van der Waals surface area contributed by atoms with Crippen molar-refractivity contribution < 1.29 is 24.3 Å². The number of aliphatic carboxylic acids is 1. The zero-order valence-corrected chi connectivity index (χ0v) is 32.9. The zero-order valence-electron chi connectivity index (χ0n) is 32.9. The van der Waals surface area contributed by atoms with Crippen LogP contribution in [0.2, 0.25) is 0 Å². The molecule has 6 aliphatic carbocycles. The number of carbonyl (C=O) groups excluding carboxylic acids is 3. The van der Waals surface area contributed by atoms with E-state index in [1.165, 1.54) is 44.1 Å². The van der Waals surface area contributed by atoms with Crippen molar-refractivity contribution in [1.29, 1.82) is 0 Å². The first-order chi connectivity index (χ1) is 24.0. The van der Waals surface area contributed by atoms with E-state index >= 15 is 0 Å². The minimum atomic E-state index is -0.753. The fourth-order valence-corrected chi connectivity index (χ4v) is 14.8. The maximum atomic E-state index is 13.9. The predicted molar refractivity (Wildman–Crippen MR) is 200 cm³/mol. The number of hydrogen-bond donors (Lipinski definition) is 3. The van der Waals surface area contributed by atoms with Gasteiger partial charge < -0.3 is 15.7 Å². The number of Topliss-reactive ketones (excluding diaryl/α,β-unsaturated/α-hetero) is 2. The van der Waals surface area contributed by atoms with Crippen molar-refractivity contribution in [2.45, 2.75) is 138 Å². The molecule has 11 unspecified atom stereocenters. The Morgan fingerprint density at radius 1 is 0.882 bits per heavy atom. The molecule has 0 aromatic rings. The van der Waals surface area contributed by atoms with E-state index in [0.717, 1.165) is 50.8 Å². The number of piperidine rings is 1. The molecule has 0 radical (unpaired) electrons. The second kappa shape index (κ2) is 13.4. The molecule has 0 bridgehead atoms. The molecular weight excluding hydrogens is 636 g/mol. The summed E-state index contributed by atoms with van der Waals surface area (Å²) in [6.07, 6.45) is 13.8. The number of hydrogen-bond acceptors (Lipinski definition) is 5. The Morgan fingerprint density at radius 2 is 1.59 bits per heavy atom. The topological polar surface area (TPSA) is 113 Å². The Hall–Kier alpha value is -2.02. The molecule has 1 amide bonds. The van der Waals surface area contributed by atoms with Gasteiger partial charge in [0.2, 0.25) is 5.91 Å². The minimum Gasteiger partial charge on any atom is -0.481 e. The van der Waals surface area contributed by atoms with Gasteiger partial charge >= 0.3 is 5.97 Å². The lowest BCUT2D eigenvalue weighted by Gasteiger charge is -2.69. The lowest BCUT2D eigenvalue weighted by Crippen LogP contribution is -2.62. The summed E-state index contributed by atoms with van der Waals surface area (Å²) >= 11 is 0. The molecule has 7 heteroatoms. The molecule has 51 heavy (non-hydrogen) atoms. The van der Waals surface area contributed by atoms with E-state index in [1.54, 1.807) is 0 Å². The molecule has 0 aromatic carbocycles. The predicted octanol–water partition coefficient (Wildman–Crippen LogP) is 8.02. The number of amides is 1. The second-order valence-electron chi connectivity index (χ2n) is 20.3. The third-order valence-corrected chi connectivity index (χ3v) is 17.6. The highest BCUT2D eigenvalue weighted by Gasteiger charge is 2.66. The molecule has 0 aromatic heterocycles. The van der Waals surface area contributed by atoms with Gasteiger partial charge in [-0.05, 0) is 153 Å². The minimum absolute atomic E-state index is 0.0497. The van der Waals surface area contributed by atoms with E-state index in [-0.39, 0.29) is 57.2 Å². The Balaban J connectivity index is 1.08. The number of nitrogens with one attached hydrogen (secondary N) is 2. The molecule has 7 nitrogen and oxygen atoms in total. The summed E-state index contributed by atoms with van der Waals surface area (Å²) in [6, 6.07) is 0. The second-order valence-corrected chi connectivity index (χ2v) is 20.3. The quantitative estimate of drug-likeness (QED) is 0.224. The zero-order chi connectivity index (χ0) is 36.7. The Labute approximate surface area is 307 Å². The number of carboxylic acids is 1. The number of carbonyl (C=O) groups is 4. The third kappa shape index (κ3) is 5.91. The SMILES string of the molecule is CC(C)C1=C2C3CCC4C(C)(CCC5C(C)(C)C(CC(=O)C6CC(C(=O)O)C6C)CCC54C)C3CCC2(CCNC(=O)C2CCNCC2)CC1=O. The maximum absolute atomic E-state index is 13.9. The van der Waals surface area contributed by atoms with Crippen LogP contribution in [0, 0.1) is 80.8 Å². The van der Waals surface area contributed by atoms with Gasteiger partial charge in [0.05, 0.1) is 5.92 Å². The van der Waals surface area contributed by atoms with Crippen molar-refractivity contribution in [3.05, 3.63) is 11.1 Å². The van der Waals surface area contributed by atoms with Crippen molar-refractivity contribution in [3.8, 4) is 0 Å². The number of carboxylic acid groups (broad SMARTS) is 1. The van der Waals surface area contributed by atoms with E-state index in [9.17, 15) is 24.3 Å². The molecule has 3 N–H and O–H groups in total. The smallest absolute Gasteiger partial charge is 0.306 e. The summed E-state index contributed by atoms with van der Waals surface area (Å²) in [7, 11) is 0. The van der Waals surface area contributed by atoms with Gasteiger partial charge in [0.15, 0.2) is 5.78 Å². The first-order valence-electron chi connectivity index (χ1n) is 21.1. The molecule has 6 fully saturated rings. The van der Waals surface area contributed by atoms with Crippen molar-refractivity contribution in [1.82, 2.24) is 10.6 Å². The van der Waals surface area contributed by atoms with E-state index in [0.29, 0.717) is 67.0 Å². The van der Waals surface area contributed by atoms with Crippen LogP contribution in [0.25, 0.3) is 0 Å². The van der Waals surface area contributed by atoms with Crippen LogP contribution in [0.5, 0.6) is 0 Å². The third-order valence-electron chi connectivity index (χ3n) is 17.6. The summed E-state index contributed by atoms with van der Waals surface area (Å²) in [5.41, 5.74) is 3.08. The van der Waals surface area contributed by atoms with Crippen LogP contribution in [0.1, 0.15) is 138 Å². The lowest BCUT2D eigenvalue weighted by atomic mass is 9.35. The summed E-state index contributed by atoms with van der Waals surface area (Å²) in [5.74, 6) is 2.58. The Kier molecular flexibility index (Phi) is 9.78. The highest BCUT2D eigenvalue weighted by molar-refractivity contribution is 6.00. The van der Waals surface area contributed by atoms with E-state index in [4.69, 9.17) is 0 Å². The first kappa shape index (κ1) is 37.3. The van der Waals surface area contributed by atoms with Crippen LogP contribution in [0.4, 0.5) is 0 Å². The summed E-state index contributed by atoms with van der Waals surface area (Å²) in [4.78, 5) is 52.2. The van der Waals surface area contributed by atoms with Gasteiger partial charge in [-0.2, -0.15) is 0 Å². The van der Waals surface area contributed by atoms with Crippen molar-refractivity contribution >= 4 is 23.4 Å². The van der Waals surface area contributed by atoms with Crippen LogP contribution in [-0.4, -0.2) is 48.2 Å². The van der Waals surface area contributed by atoms with Gasteiger partial charge in [-0.3, -0.25) is 19.2 Å². The van der Waals surface area contributed by atoms with E-state index in [2.05, 4.69) is 52.2 Å². The summed E-state index contributed by atoms with van der Waals surface area (Å²) in [5, 5.41) is 16.2. The summed E-state index contributed by atoms with van der Waals surface area (Å²) < 4.78 is 0. The normalized spacial score (nSPS) is 43.4. The van der Waals surface area contributed by atoms with E-state index in [1.807, 2.05) is 6.92 Å². The highest BCUT2D eigenvalue weighted by Crippen LogP contribution is 2.74. The van der Waals surface area contributed by atoms with Crippen LogP contribution in [0.15, 0.2) is 11.1 Å². The molecule has 11 atom stereocenters. The molecule has 1 aliphatic heterocycles. The molecule has 0 spiro atoms. The van der Waals surface area contributed by atoms with Crippen LogP contribution in [-0.2, 0) is 19.2 Å². The monoisotopic (exact) mass is 705 g/mol. The van der Waals surface area contributed by atoms with Gasteiger partial charge in [0, 0.05) is 36.6 Å². The van der Waals surface area contributed by atoms with Crippen molar-refractivity contribution in [2.24, 2.45) is 80.8 Å². The molecule has 284 valence electrons. The number of ketones is 2. The van der Waals surface area contributed by atoms with Gasteiger partial charge in [-0.1, -0.05) is 54.0 Å². The average Bonchev–Trinajstić information content (AvgIpc) is 3.37. The molecule has 7 rings (SSSR count). The average molecular weight is 705 g/mol. The Morgan fingerprint density at radius 3 is 2.25 bits per heavy atom. The van der Waals surface area contributed by atoms with E-state index < -0.39 is 5.97 Å². The van der Waals surface area contributed by atoms with Crippen molar-refractivity contribution in [3.63, 3.8) is 0 Å². The largest absolute Gasteiger partial charge is 0.481 e. The fraction of sp³-hybridized carbons (Fsp3) is 0.864. The maximum Gasteiger partial charge on any atom is 0.306 e. The number of rotatable bonds is 9. The molecule has 1 saturated heterocycles. The van der Waals surface area contributed by atoms with Crippen LogP contribution < -0.4 is 10.6 Å². The van der Waals surface area contributed by atoms with Gasteiger partial charge in [-0.25, -0.2) is 0 Å². The number of allylic oxidation sites excluding steroid dienone is 2. The Bertz CT molecular complexity index is 1460. The fourth-order valence-electron chi connectivity index (χ4n) is 14.8. The molecule has 7 aliphatic rings. The highest BCUT2D eigenvalue weighted by atomic mass is 16.4. The van der Waals surface area contributed by atoms with Gasteiger partial charge in [0.25, 0.3) is 0 Å². The van der Waals surface area contributed by atoms with Gasteiger partial charge in [0.1, 0.15) is 5.78 Å². The molecular formula is C44H68N2O5. The van der Waals surface area contributed by atoms with Crippen LogP contribution in [0.3, 0.4) is 0 Å².